The van der Waals surface area contributed by atoms with E-state index in [9.17, 15) is 4.79 Å². The van der Waals surface area contributed by atoms with Crippen molar-refractivity contribution in [1.29, 1.82) is 5.26 Å². The van der Waals surface area contributed by atoms with Crippen molar-refractivity contribution in [2.75, 3.05) is 0 Å². The van der Waals surface area contributed by atoms with Gasteiger partial charge in [0.2, 0.25) is 0 Å². The quantitative estimate of drug-likeness (QED) is 0.211. The fraction of sp³-hybridized carbons (Fsp3) is 0.179. The normalized spacial score (nSPS) is 16.4. The van der Waals surface area contributed by atoms with Crippen LogP contribution in [0.3, 0.4) is 0 Å². The maximum absolute atomic E-state index is 12.5. The molecular formula is C39H31N9O. The van der Waals surface area contributed by atoms with Crippen molar-refractivity contribution >= 4 is 17.9 Å². The number of Topliss-reactive ketones (excluding diaryl/α,β-unsaturated/α-hetero) is 1. The molecule has 0 aliphatic heterocycles. The van der Waals surface area contributed by atoms with E-state index in [0.717, 1.165) is 57.6 Å². The predicted octanol–water partition coefficient (Wildman–Crippen LogP) is 5.97. The van der Waals surface area contributed by atoms with E-state index in [-0.39, 0.29) is 22.5 Å². The number of carbonyl (C=O) groups is 1. The summed E-state index contributed by atoms with van der Waals surface area (Å²) in [5, 5.41) is 23.7. The zero-order valence-electron chi connectivity index (χ0n) is 26.5. The molecule has 10 nitrogen and oxygen atoms in total. The van der Waals surface area contributed by atoms with Gasteiger partial charge in [-0.15, -0.1) is 0 Å². The Hall–Kier alpha value is -6.34. The summed E-state index contributed by atoms with van der Waals surface area (Å²) in [6.07, 6.45) is 26.3. The van der Waals surface area contributed by atoms with Crippen LogP contribution in [0.2, 0.25) is 0 Å². The smallest absolute Gasteiger partial charge is 0.186 e. The van der Waals surface area contributed by atoms with Crippen molar-refractivity contribution < 1.29 is 4.79 Å². The van der Waals surface area contributed by atoms with Gasteiger partial charge in [0.05, 0.1) is 0 Å². The molecule has 6 heterocycles. The minimum Gasteiger partial charge on any atom is -0.292 e. The molecule has 0 unspecified atom stereocenters. The lowest BCUT2D eigenvalue weighted by Crippen LogP contribution is -2.31. The van der Waals surface area contributed by atoms with Crippen LogP contribution in [0.4, 0.5) is 0 Å². The summed E-state index contributed by atoms with van der Waals surface area (Å²) in [6.45, 7) is 0. The van der Waals surface area contributed by atoms with E-state index in [1.54, 1.807) is 24.8 Å². The van der Waals surface area contributed by atoms with E-state index < -0.39 is 0 Å². The third-order valence-electron chi connectivity index (χ3n) is 9.74. The number of pyridine rings is 4. The largest absolute Gasteiger partial charge is 0.292 e. The molecule has 6 aromatic rings. The zero-order valence-corrected chi connectivity index (χ0v) is 26.5. The van der Waals surface area contributed by atoms with Gasteiger partial charge < -0.3 is 0 Å². The van der Waals surface area contributed by atoms with Gasteiger partial charge in [0.25, 0.3) is 0 Å². The number of rotatable bonds is 6. The predicted molar refractivity (Wildman–Crippen MR) is 183 cm³/mol. The van der Waals surface area contributed by atoms with Crippen LogP contribution in [0.15, 0.2) is 110 Å². The SMILES string of the molecule is N#Cc1n[nH]c2c1C=CC(c1cccnc1)(c1cccnc1)C2.O=C(c1n[nH]c2c1C=CC(c1cccnc1)(c1cccnc1)C2)C1CC1. The van der Waals surface area contributed by atoms with Crippen molar-refractivity contribution in [2.24, 2.45) is 5.92 Å². The van der Waals surface area contributed by atoms with Gasteiger partial charge in [0.15, 0.2) is 11.5 Å². The minimum atomic E-state index is -0.373. The number of H-pyrrole nitrogens is 2. The van der Waals surface area contributed by atoms with Gasteiger partial charge in [-0.2, -0.15) is 15.5 Å². The molecule has 1 fully saturated rings. The standard InChI is InChI=1S/C21H18N4O.C18H13N5/c26-20(14-5-6-14)19-17-7-8-21(11-18(17)24-25-19,15-3-1-9-22-12-15)16-4-2-10-23-13-16;19-10-17-15-5-6-18(9-16(15)22-23-17,13-3-1-7-20-11-13)14-4-2-8-21-12-14/h1-4,7-10,12-14H,5-6,11H2,(H,24,25);1-8,11-12H,9H2,(H,22,23). The number of nitriles is 1. The fourth-order valence-corrected chi connectivity index (χ4v) is 6.97. The molecule has 10 heteroatoms. The maximum atomic E-state index is 12.5. The number of carbonyl (C=O) groups excluding carboxylic acids is 1. The first kappa shape index (κ1) is 30.0. The average molecular weight is 642 g/mol. The monoisotopic (exact) mass is 641 g/mol. The first-order chi connectivity index (χ1) is 24.1. The number of allylic oxidation sites excluding steroid dienone is 2. The molecule has 0 atom stereocenters. The first-order valence-electron chi connectivity index (χ1n) is 16.2. The third kappa shape index (κ3) is 5.35. The Morgan fingerprint density at radius 1 is 0.673 bits per heavy atom. The summed E-state index contributed by atoms with van der Waals surface area (Å²) in [7, 11) is 0. The van der Waals surface area contributed by atoms with Gasteiger partial charge in [-0.3, -0.25) is 34.9 Å². The molecule has 1 saturated carbocycles. The number of hydrogen-bond donors (Lipinski definition) is 2. The molecule has 0 saturated heterocycles. The zero-order chi connectivity index (χ0) is 33.3. The number of aromatic amines is 2. The second kappa shape index (κ2) is 12.4. The van der Waals surface area contributed by atoms with Crippen LogP contribution in [-0.4, -0.2) is 46.1 Å². The van der Waals surface area contributed by atoms with E-state index in [1.807, 2.05) is 61.2 Å². The molecule has 2 N–H and O–H groups in total. The molecule has 9 rings (SSSR count). The third-order valence-corrected chi connectivity index (χ3v) is 9.74. The highest BCUT2D eigenvalue weighted by molar-refractivity contribution is 6.01. The molecule has 0 amide bonds. The molecule has 0 aromatic carbocycles. The number of nitrogens with zero attached hydrogens (tertiary/aromatic N) is 7. The molecule has 6 aromatic heterocycles. The van der Waals surface area contributed by atoms with Crippen LogP contribution in [0.25, 0.3) is 12.2 Å². The van der Waals surface area contributed by atoms with Crippen LogP contribution in [0, 0.1) is 17.2 Å². The van der Waals surface area contributed by atoms with Gasteiger partial charge in [0.1, 0.15) is 11.8 Å². The fourth-order valence-electron chi connectivity index (χ4n) is 6.97. The van der Waals surface area contributed by atoms with E-state index in [0.29, 0.717) is 24.2 Å². The van der Waals surface area contributed by atoms with Crippen molar-refractivity contribution in [3.05, 3.63) is 166 Å². The second-order valence-corrected chi connectivity index (χ2v) is 12.6. The Labute approximate surface area is 282 Å². The van der Waals surface area contributed by atoms with Crippen molar-refractivity contribution in [2.45, 2.75) is 36.5 Å². The summed E-state index contributed by atoms with van der Waals surface area (Å²) < 4.78 is 0. The van der Waals surface area contributed by atoms with Gasteiger partial charge in [-0.25, -0.2) is 0 Å². The van der Waals surface area contributed by atoms with E-state index >= 15 is 0 Å². The van der Waals surface area contributed by atoms with E-state index in [2.05, 4.69) is 82.8 Å². The number of fused-ring (bicyclic) bond motifs is 2. The molecule has 3 aliphatic rings. The molecule has 0 bridgehead atoms. The Bertz CT molecular complexity index is 2130. The lowest BCUT2D eigenvalue weighted by Gasteiger charge is -2.33. The topological polar surface area (TPSA) is 150 Å². The highest BCUT2D eigenvalue weighted by atomic mass is 16.1. The molecule has 238 valence electrons. The summed E-state index contributed by atoms with van der Waals surface area (Å²) in [5.41, 5.74) is 8.40. The molecular weight excluding hydrogens is 610 g/mol. The minimum absolute atomic E-state index is 0.166. The number of ketones is 1. The van der Waals surface area contributed by atoms with Crippen LogP contribution in [-0.2, 0) is 23.7 Å². The van der Waals surface area contributed by atoms with E-state index in [4.69, 9.17) is 5.26 Å². The van der Waals surface area contributed by atoms with Gasteiger partial charge in [-0.05, 0) is 59.4 Å². The summed E-state index contributed by atoms with van der Waals surface area (Å²) in [4.78, 5) is 29.7. The Morgan fingerprint density at radius 2 is 1.12 bits per heavy atom. The van der Waals surface area contributed by atoms with Gasteiger partial charge >= 0.3 is 0 Å². The maximum Gasteiger partial charge on any atom is 0.186 e. The molecule has 3 aliphatic carbocycles. The Balaban J connectivity index is 0.000000143. The van der Waals surface area contributed by atoms with E-state index in [1.165, 1.54) is 0 Å². The van der Waals surface area contributed by atoms with Crippen LogP contribution in [0.1, 0.15) is 73.8 Å². The highest BCUT2D eigenvalue weighted by Gasteiger charge is 2.40. The summed E-state index contributed by atoms with van der Waals surface area (Å²) in [5.74, 6) is 0.335. The lowest BCUT2D eigenvalue weighted by atomic mass is 9.69. The second-order valence-electron chi connectivity index (χ2n) is 12.6. The summed E-state index contributed by atoms with van der Waals surface area (Å²) in [6, 6.07) is 18.2. The van der Waals surface area contributed by atoms with Crippen molar-refractivity contribution in [1.82, 2.24) is 40.3 Å². The van der Waals surface area contributed by atoms with Gasteiger partial charge in [-0.1, -0.05) is 48.6 Å². The lowest BCUT2D eigenvalue weighted by molar-refractivity contribution is 0.0962. The van der Waals surface area contributed by atoms with Gasteiger partial charge in [0, 0.05) is 102 Å². The highest BCUT2D eigenvalue weighted by Crippen LogP contribution is 2.43. The number of hydrogen-bond acceptors (Lipinski definition) is 8. The van der Waals surface area contributed by atoms with Crippen LogP contribution >= 0.6 is 0 Å². The van der Waals surface area contributed by atoms with Crippen molar-refractivity contribution in [3.63, 3.8) is 0 Å². The first-order valence-corrected chi connectivity index (χ1v) is 16.2. The summed E-state index contributed by atoms with van der Waals surface area (Å²) >= 11 is 0. The number of nitrogens with one attached hydrogen (secondary N) is 2. The average Bonchev–Trinajstić information content (AvgIpc) is 3.83. The molecule has 49 heavy (non-hydrogen) atoms. The van der Waals surface area contributed by atoms with Crippen molar-refractivity contribution in [3.8, 4) is 6.07 Å². The molecule has 0 spiro atoms. The Morgan fingerprint density at radius 3 is 1.55 bits per heavy atom. The molecule has 0 radical (unpaired) electrons. The van der Waals surface area contributed by atoms with Crippen LogP contribution in [0.5, 0.6) is 0 Å². The van der Waals surface area contributed by atoms with Crippen LogP contribution < -0.4 is 0 Å². The Kier molecular flexibility index (Phi) is 7.57. The number of aromatic nitrogens is 8.